The van der Waals surface area contributed by atoms with E-state index in [4.69, 9.17) is 48.0 Å². The maximum atomic E-state index is 6.57. The van der Waals surface area contributed by atoms with E-state index >= 15 is 0 Å². The molecule has 16 atom stereocenters. The lowest BCUT2D eigenvalue weighted by molar-refractivity contribution is -0.577. The van der Waals surface area contributed by atoms with E-state index in [0.29, 0.717) is 50.0 Å². The van der Waals surface area contributed by atoms with Crippen molar-refractivity contribution in [2.45, 2.75) is 174 Å². The normalized spacial score (nSPS) is 48.5. The van der Waals surface area contributed by atoms with Crippen LogP contribution in [0.1, 0.15) is 111 Å². The second kappa shape index (κ2) is 13.7. The number of hydrogen-bond acceptors (Lipinski definition) is 14. The van der Waals surface area contributed by atoms with Crippen LogP contribution in [-0.2, 0) is 74.3 Å². The van der Waals surface area contributed by atoms with E-state index in [2.05, 4.69) is 48.3 Å². The molecule has 0 unspecified atom stereocenters. The van der Waals surface area contributed by atoms with Crippen LogP contribution in [0.15, 0.2) is 12.4 Å². The van der Waals surface area contributed by atoms with Gasteiger partial charge in [-0.1, -0.05) is 38.1 Å². The Hall–Kier alpha value is -2.12. The molecule has 8 aliphatic heterocycles. The van der Waals surface area contributed by atoms with Crippen molar-refractivity contribution in [2.75, 3.05) is 0 Å². The first kappa shape index (κ1) is 37.2. The van der Waals surface area contributed by atoms with Crippen LogP contribution >= 0.6 is 0 Å². The average molecular weight is 771 g/mol. The van der Waals surface area contributed by atoms with Crippen LogP contribution in [0.4, 0.5) is 0 Å². The van der Waals surface area contributed by atoms with Crippen molar-refractivity contribution >= 4 is 0 Å². The molecule has 16 heteroatoms. The first-order chi connectivity index (χ1) is 26.5. The zero-order valence-electron chi connectivity index (χ0n) is 33.0. The molecule has 10 heterocycles. The summed E-state index contributed by atoms with van der Waals surface area (Å²) in [6, 6.07) is 0. The summed E-state index contributed by atoms with van der Waals surface area (Å²) in [5.74, 6) is 0.661. The van der Waals surface area contributed by atoms with Gasteiger partial charge in [0, 0.05) is 49.6 Å². The van der Waals surface area contributed by atoms with E-state index in [9.17, 15) is 0 Å². The Balaban J connectivity index is 0.708. The van der Waals surface area contributed by atoms with E-state index in [1.807, 2.05) is 35.6 Å². The number of hydrogen-bond donors (Lipinski definition) is 0. The van der Waals surface area contributed by atoms with E-state index in [0.717, 1.165) is 69.2 Å². The van der Waals surface area contributed by atoms with Crippen molar-refractivity contribution < 1.29 is 48.0 Å². The van der Waals surface area contributed by atoms with Gasteiger partial charge in [-0.05, 0) is 82.5 Å². The highest BCUT2D eigenvalue weighted by Gasteiger charge is 2.71. The summed E-state index contributed by atoms with van der Waals surface area (Å²) in [5, 5.41) is 17.5. The lowest BCUT2D eigenvalue weighted by Gasteiger charge is -2.60. The highest BCUT2D eigenvalue weighted by molar-refractivity contribution is 5.11. The van der Waals surface area contributed by atoms with Crippen molar-refractivity contribution in [1.82, 2.24) is 30.0 Å². The Kier molecular flexibility index (Phi) is 9.28. The Morgan fingerprint density at radius 1 is 0.618 bits per heavy atom. The van der Waals surface area contributed by atoms with Crippen LogP contribution < -0.4 is 0 Å². The number of ether oxygens (including phenoxy) is 6. The molecular formula is C39H58N6O10. The molecule has 16 nitrogen and oxygen atoms in total. The summed E-state index contributed by atoms with van der Waals surface area (Å²) in [7, 11) is 0. The molecule has 0 aromatic carbocycles. The molecule has 2 saturated carbocycles. The summed E-state index contributed by atoms with van der Waals surface area (Å²) in [6.07, 6.45) is 10.6. The molecule has 2 aromatic heterocycles. The molecule has 10 aliphatic rings. The SMILES string of the molecule is C[C@H]1[C@H](OCc2cn(CCCn3cc(CO[C@@H]4O[C@@H]5O[C@]6(C)CC[C@H]7[C@H](C)CC[C@@H]([C@H]4C)[C@@]57OO6)nn3)nn2)O[C@@H]2O[C@]3(C)CC[C@H]4[C@H](C)CC[C@@H]1[C@@]24OO3. The fraction of sp³-hybridized carbons (Fsp3) is 0.897. The standard InChI is InChI=1S/C39H58N6O10/c1-22-8-10-30-24(3)32(48-34-38(30)28(22)12-14-36(5,50-34)52-54-38)46-20-26-18-44(42-40-26)16-7-17-45-19-27(41-43-45)21-47-33-25(4)31-11-9-23(2)29-13-15-37(6)51-35(49-33)39(29,31)55-53-37/h18-19,22-25,28-35H,7-17,20-21H2,1-6H3/t22-,23-,24-,25-,28+,29+,30+,31+,32-,33-,34-,35-,36+,37+,38-,39-/m1/s1. The van der Waals surface area contributed by atoms with E-state index in [-0.39, 0.29) is 23.7 Å². The predicted molar refractivity (Wildman–Crippen MR) is 188 cm³/mol. The molecule has 8 saturated heterocycles. The zero-order chi connectivity index (χ0) is 37.7. The fourth-order valence-corrected chi connectivity index (χ4v) is 11.9. The Morgan fingerprint density at radius 2 is 1.07 bits per heavy atom. The maximum absolute atomic E-state index is 6.57. The van der Waals surface area contributed by atoms with E-state index in [1.165, 1.54) is 0 Å². The molecule has 0 radical (unpaired) electrons. The van der Waals surface area contributed by atoms with Gasteiger partial charge in [-0.15, -0.1) is 10.2 Å². The van der Waals surface area contributed by atoms with Crippen LogP contribution in [0.25, 0.3) is 0 Å². The van der Waals surface area contributed by atoms with Crippen molar-refractivity contribution in [3.63, 3.8) is 0 Å². The Bertz CT molecular complexity index is 1590. The number of fused-ring (bicyclic) bond motifs is 4. The van der Waals surface area contributed by atoms with Gasteiger partial charge < -0.3 is 28.4 Å². The quantitative estimate of drug-likeness (QED) is 0.283. The number of nitrogens with zero attached hydrogens (tertiary/aromatic N) is 6. The summed E-state index contributed by atoms with van der Waals surface area (Å²) < 4.78 is 42.5. The average Bonchev–Trinajstić information content (AvgIpc) is 3.68. The smallest absolute Gasteiger partial charge is 0.201 e. The molecule has 10 fully saturated rings. The summed E-state index contributed by atoms with van der Waals surface area (Å²) in [6.45, 7) is 14.8. The van der Waals surface area contributed by atoms with Crippen molar-refractivity contribution in [2.24, 2.45) is 47.3 Å². The second-order valence-corrected chi connectivity index (χ2v) is 18.5. The van der Waals surface area contributed by atoms with Gasteiger partial charge in [0.15, 0.2) is 36.4 Å². The van der Waals surface area contributed by atoms with Gasteiger partial charge in [-0.3, -0.25) is 9.36 Å². The van der Waals surface area contributed by atoms with Crippen LogP contribution in [0.3, 0.4) is 0 Å². The predicted octanol–water partition coefficient (Wildman–Crippen LogP) is 5.41. The third kappa shape index (κ3) is 6.07. The molecule has 55 heavy (non-hydrogen) atoms. The maximum Gasteiger partial charge on any atom is 0.201 e. The van der Waals surface area contributed by atoms with E-state index < -0.39 is 47.9 Å². The Morgan fingerprint density at radius 3 is 1.53 bits per heavy atom. The minimum absolute atomic E-state index is 0.0991. The zero-order valence-corrected chi connectivity index (χ0v) is 33.0. The summed E-state index contributed by atoms with van der Waals surface area (Å²) in [5.41, 5.74) is 0.291. The van der Waals surface area contributed by atoms with Crippen molar-refractivity contribution in [1.29, 1.82) is 0 Å². The van der Waals surface area contributed by atoms with Gasteiger partial charge in [-0.2, -0.15) is 0 Å². The summed E-state index contributed by atoms with van der Waals surface area (Å²) >= 11 is 0. The minimum atomic E-state index is -0.812. The molecule has 0 N–H and O–H groups in total. The van der Waals surface area contributed by atoms with Gasteiger partial charge >= 0.3 is 0 Å². The highest BCUT2D eigenvalue weighted by Crippen LogP contribution is 2.62. The molecule has 304 valence electrons. The number of aromatic nitrogens is 6. The van der Waals surface area contributed by atoms with Crippen LogP contribution in [0, 0.1) is 47.3 Å². The molecule has 0 amide bonds. The van der Waals surface area contributed by atoms with Crippen molar-refractivity contribution in [3.8, 4) is 0 Å². The van der Waals surface area contributed by atoms with Crippen LogP contribution in [0.2, 0.25) is 0 Å². The first-order valence-corrected chi connectivity index (χ1v) is 20.9. The third-order valence-corrected chi connectivity index (χ3v) is 14.9. The third-order valence-electron chi connectivity index (χ3n) is 14.9. The molecule has 2 aliphatic carbocycles. The molecule has 4 bridgehead atoms. The largest absolute Gasteiger partial charge is 0.346 e. The van der Waals surface area contributed by atoms with Gasteiger partial charge in [0.25, 0.3) is 0 Å². The fourth-order valence-electron chi connectivity index (χ4n) is 11.9. The summed E-state index contributed by atoms with van der Waals surface area (Å²) in [4.78, 5) is 24.4. The molecule has 12 rings (SSSR count). The minimum Gasteiger partial charge on any atom is -0.346 e. The highest BCUT2D eigenvalue weighted by atomic mass is 17.3. The monoisotopic (exact) mass is 770 g/mol. The Labute approximate surface area is 322 Å². The van der Waals surface area contributed by atoms with E-state index in [1.54, 1.807) is 0 Å². The molecule has 2 aromatic rings. The number of aryl methyl sites for hydroxylation is 2. The van der Waals surface area contributed by atoms with Gasteiger partial charge in [0.05, 0.1) is 25.6 Å². The molecular weight excluding hydrogens is 712 g/mol. The van der Waals surface area contributed by atoms with Gasteiger partial charge in [0.2, 0.25) is 11.6 Å². The van der Waals surface area contributed by atoms with Gasteiger partial charge in [-0.25, -0.2) is 19.6 Å². The van der Waals surface area contributed by atoms with Gasteiger partial charge in [0.1, 0.15) is 11.4 Å². The topological polar surface area (TPSA) is 154 Å². The number of rotatable bonds is 10. The molecule has 2 spiro atoms. The van der Waals surface area contributed by atoms with Crippen molar-refractivity contribution in [3.05, 3.63) is 23.8 Å². The lowest BCUT2D eigenvalue weighted by atomic mass is 9.58. The van der Waals surface area contributed by atoms with Crippen LogP contribution in [0.5, 0.6) is 0 Å². The first-order valence-electron chi connectivity index (χ1n) is 20.9. The van der Waals surface area contributed by atoms with Crippen LogP contribution in [-0.4, -0.2) is 77.9 Å². The lowest BCUT2D eigenvalue weighted by Crippen LogP contribution is -2.70. The second-order valence-electron chi connectivity index (χ2n) is 18.5.